The van der Waals surface area contributed by atoms with Gasteiger partial charge in [0.05, 0.1) is 11.9 Å². The summed E-state index contributed by atoms with van der Waals surface area (Å²) in [5.41, 5.74) is 2.23. The molecule has 0 aliphatic carbocycles. The third-order valence-corrected chi connectivity index (χ3v) is 5.84. The zero-order chi connectivity index (χ0) is 18.9. The Hall–Kier alpha value is -2.74. The number of anilines is 1. The van der Waals surface area contributed by atoms with Gasteiger partial charge in [0.15, 0.2) is 11.5 Å². The van der Waals surface area contributed by atoms with Crippen molar-refractivity contribution < 1.29 is 9.32 Å². The predicted molar refractivity (Wildman–Crippen MR) is 104 cm³/mol. The maximum absolute atomic E-state index is 12.8. The molecule has 0 radical (unpaired) electrons. The highest BCUT2D eigenvalue weighted by Gasteiger charge is 2.29. The lowest BCUT2D eigenvalue weighted by Crippen LogP contribution is -2.31. The van der Waals surface area contributed by atoms with Crippen LogP contribution >= 0.6 is 0 Å². The van der Waals surface area contributed by atoms with Crippen molar-refractivity contribution >= 4 is 22.6 Å². The first-order valence-electron chi connectivity index (χ1n) is 10.1. The zero-order valence-electron chi connectivity index (χ0n) is 15.8. The topological polar surface area (TPSA) is 99.9 Å². The maximum Gasteiger partial charge on any atom is 0.185 e. The Morgan fingerprint density at radius 2 is 2.32 bits per heavy atom. The average Bonchev–Trinajstić information content (AvgIpc) is 3.46. The van der Waals surface area contributed by atoms with Crippen molar-refractivity contribution in [3.63, 3.8) is 0 Å². The van der Waals surface area contributed by atoms with Gasteiger partial charge in [0.2, 0.25) is 0 Å². The molecule has 1 atom stereocenters. The number of nitrogens with zero attached hydrogens (tertiary/aromatic N) is 4. The Labute approximate surface area is 162 Å². The lowest BCUT2D eigenvalue weighted by molar-refractivity contribution is 0.0969. The van der Waals surface area contributed by atoms with Crippen LogP contribution < -0.4 is 10.2 Å². The Kier molecular flexibility index (Phi) is 4.56. The van der Waals surface area contributed by atoms with Gasteiger partial charge < -0.3 is 19.7 Å². The molecule has 2 aliphatic rings. The highest BCUT2D eigenvalue weighted by molar-refractivity contribution is 5.96. The number of rotatable bonds is 6. The van der Waals surface area contributed by atoms with Gasteiger partial charge in [0, 0.05) is 37.2 Å². The predicted octanol–water partition coefficient (Wildman–Crippen LogP) is 2.61. The van der Waals surface area contributed by atoms with Crippen molar-refractivity contribution in [1.29, 1.82) is 0 Å². The normalized spacial score (nSPS) is 19.3. The number of aromatic nitrogens is 4. The number of aromatic amines is 1. The van der Waals surface area contributed by atoms with Gasteiger partial charge in [-0.05, 0) is 38.3 Å². The number of nitrogens with one attached hydrogen (secondary N) is 2. The molecule has 0 amide bonds. The van der Waals surface area contributed by atoms with Crippen LogP contribution in [-0.2, 0) is 13.0 Å². The lowest BCUT2D eigenvalue weighted by atomic mass is 10.00. The number of hydrogen-bond acceptors (Lipinski definition) is 7. The molecule has 146 valence electrons. The minimum Gasteiger partial charge on any atom is -0.360 e. The van der Waals surface area contributed by atoms with Gasteiger partial charge in [-0.15, -0.1) is 0 Å². The molecule has 28 heavy (non-hydrogen) atoms. The van der Waals surface area contributed by atoms with E-state index >= 15 is 0 Å². The van der Waals surface area contributed by atoms with Gasteiger partial charge in [-0.1, -0.05) is 5.16 Å². The van der Waals surface area contributed by atoms with Crippen molar-refractivity contribution in [2.75, 3.05) is 18.0 Å². The monoisotopic (exact) mass is 380 g/mol. The molecule has 0 aromatic carbocycles. The first-order chi connectivity index (χ1) is 13.8. The van der Waals surface area contributed by atoms with E-state index < -0.39 is 0 Å². The van der Waals surface area contributed by atoms with Gasteiger partial charge in [-0.2, -0.15) is 0 Å². The van der Waals surface area contributed by atoms with E-state index in [4.69, 9.17) is 4.52 Å². The van der Waals surface area contributed by atoms with Gasteiger partial charge in [-0.3, -0.25) is 4.79 Å². The van der Waals surface area contributed by atoms with Crippen LogP contribution in [0.15, 0.2) is 23.1 Å². The lowest BCUT2D eigenvalue weighted by Gasteiger charge is -2.27. The highest BCUT2D eigenvalue weighted by atomic mass is 16.5. The van der Waals surface area contributed by atoms with Crippen molar-refractivity contribution in [3.8, 4) is 0 Å². The second kappa shape index (κ2) is 7.35. The van der Waals surface area contributed by atoms with Crippen LogP contribution in [0.5, 0.6) is 0 Å². The summed E-state index contributed by atoms with van der Waals surface area (Å²) in [5.74, 6) is 1.79. The molecule has 2 N–H and O–H groups in total. The van der Waals surface area contributed by atoms with Gasteiger partial charge in [0.25, 0.3) is 0 Å². The third kappa shape index (κ3) is 3.17. The van der Waals surface area contributed by atoms with Crippen LogP contribution in [-0.4, -0.2) is 45.0 Å². The molecule has 8 heteroatoms. The zero-order valence-corrected chi connectivity index (χ0v) is 15.8. The van der Waals surface area contributed by atoms with Crippen LogP contribution in [0.3, 0.4) is 0 Å². The van der Waals surface area contributed by atoms with E-state index in [2.05, 4.69) is 30.3 Å². The summed E-state index contributed by atoms with van der Waals surface area (Å²) < 4.78 is 5.50. The number of H-pyrrole nitrogens is 1. The largest absolute Gasteiger partial charge is 0.360 e. The molecule has 3 aromatic rings. The summed E-state index contributed by atoms with van der Waals surface area (Å²) >= 11 is 0. The van der Waals surface area contributed by atoms with Crippen molar-refractivity contribution in [2.45, 2.75) is 51.1 Å². The Bertz CT molecular complexity index is 988. The second-order valence-electron chi connectivity index (χ2n) is 7.65. The molecule has 8 nitrogen and oxygen atoms in total. The Balaban J connectivity index is 1.31. The molecule has 3 aromatic heterocycles. The van der Waals surface area contributed by atoms with Crippen LogP contribution in [0, 0.1) is 0 Å². The molecule has 5 heterocycles. The van der Waals surface area contributed by atoms with Gasteiger partial charge in [-0.25, -0.2) is 9.97 Å². The molecule has 2 aliphatic heterocycles. The maximum atomic E-state index is 12.8. The first-order valence-corrected chi connectivity index (χ1v) is 10.1. The SMILES string of the molecule is O=C(CCCC1CCCN1)c1noc2c1CN(c1ncnc3[nH]ccc13)CC2. The van der Waals surface area contributed by atoms with Crippen LogP contribution in [0.1, 0.15) is 53.9 Å². The molecule has 1 unspecified atom stereocenters. The van der Waals surface area contributed by atoms with E-state index in [-0.39, 0.29) is 5.78 Å². The smallest absolute Gasteiger partial charge is 0.185 e. The summed E-state index contributed by atoms with van der Waals surface area (Å²) in [6, 6.07) is 2.55. The number of Topliss-reactive ketones (excluding diaryl/α,β-unsaturated/α-hetero) is 1. The average molecular weight is 380 g/mol. The molecular weight excluding hydrogens is 356 g/mol. The number of carbonyl (C=O) groups excluding carboxylic acids is 1. The molecule has 0 bridgehead atoms. The van der Waals surface area contributed by atoms with Crippen molar-refractivity contribution in [1.82, 2.24) is 25.4 Å². The number of hydrogen-bond donors (Lipinski definition) is 2. The fraction of sp³-hybridized carbons (Fsp3) is 0.500. The molecular formula is C20H24N6O2. The van der Waals surface area contributed by atoms with Crippen LogP contribution in [0.4, 0.5) is 5.82 Å². The van der Waals surface area contributed by atoms with E-state index in [1.807, 2.05) is 12.3 Å². The second-order valence-corrected chi connectivity index (χ2v) is 7.65. The number of carbonyl (C=O) groups is 1. The molecule has 1 saturated heterocycles. The van der Waals surface area contributed by atoms with Crippen LogP contribution in [0.2, 0.25) is 0 Å². The van der Waals surface area contributed by atoms with Crippen molar-refractivity contribution in [3.05, 3.63) is 35.6 Å². The highest BCUT2D eigenvalue weighted by Crippen LogP contribution is 2.30. The van der Waals surface area contributed by atoms with Gasteiger partial charge >= 0.3 is 0 Å². The van der Waals surface area contributed by atoms with Gasteiger partial charge in [0.1, 0.15) is 23.6 Å². The number of ketones is 1. The first kappa shape index (κ1) is 17.4. The standard InChI is InChI=1S/C20H24N6O2/c27-16(5-1-3-13-4-2-8-21-13)18-15-11-26(10-7-17(15)28-25-18)20-14-6-9-22-19(14)23-12-24-20/h6,9,12-13,21H,1-5,7-8,10-11H2,(H,22,23,24). The quantitative estimate of drug-likeness (QED) is 0.634. The van der Waals surface area contributed by atoms with E-state index in [0.29, 0.717) is 24.7 Å². The summed E-state index contributed by atoms with van der Waals surface area (Å²) in [4.78, 5) is 26.8. The number of fused-ring (bicyclic) bond motifs is 2. The fourth-order valence-corrected chi connectivity index (χ4v) is 4.35. The minimum absolute atomic E-state index is 0.0827. The summed E-state index contributed by atoms with van der Waals surface area (Å²) in [7, 11) is 0. The fourth-order valence-electron chi connectivity index (χ4n) is 4.35. The molecule has 1 fully saturated rings. The molecule has 5 rings (SSSR count). The third-order valence-electron chi connectivity index (χ3n) is 5.84. The minimum atomic E-state index is 0.0827. The van der Waals surface area contributed by atoms with E-state index in [0.717, 1.165) is 60.5 Å². The van der Waals surface area contributed by atoms with E-state index in [1.54, 1.807) is 6.33 Å². The van der Waals surface area contributed by atoms with Crippen molar-refractivity contribution in [2.24, 2.45) is 0 Å². The Morgan fingerprint density at radius 1 is 1.36 bits per heavy atom. The summed E-state index contributed by atoms with van der Waals surface area (Å²) in [5, 5.41) is 8.59. The molecule has 0 spiro atoms. The molecule has 0 saturated carbocycles. The van der Waals surface area contributed by atoms with E-state index in [9.17, 15) is 4.79 Å². The van der Waals surface area contributed by atoms with E-state index in [1.165, 1.54) is 12.8 Å². The Morgan fingerprint density at radius 3 is 3.21 bits per heavy atom. The summed E-state index contributed by atoms with van der Waals surface area (Å²) in [6.07, 6.45) is 9.07. The van der Waals surface area contributed by atoms with Crippen LogP contribution in [0.25, 0.3) is 11.0 Å². The summed E-state index contributed by atoms with van der Waals surface area (Å²) in [6.45, 7) is 2.46.